The highest BCUT2D eigenvalue weighted by molar-refractivity contribution is 7.10. The number of thiophene rings is 1. The van der Waals surface area contributed by atoms with Crippen molar-refractivity contribution in [2.24, 2.45) is 0 Å². The molecule has 2 aromatic heterocycles. The van der Waals surface area contributed by atoms with Gasteiger partial charge in [-0.1, -0.05) is 24.3 Å². The fourth-order valence-electron chi connectivity index (χ4n) is 3.20. The van der Waals surface area contributed by atoms with Crippen molar-refractivity contribution in [3.63, 3.8) is 0 Å². The van der Waals surface area contributed by atoms with Gasteiger partial charge < -0.3 is 10.2 Å². The molecule has 3 aromatic rings. The molecule has 1 N–H and O–H groups in total. The topological polar surface area (TPSA) is 62.3 Å². The smallest absolute Gasteiger partial charge is 0.255 e. The summed E-state index contributed by atoms with van der Waals surface area (Å²) in [6.45, 7) is 0.526. The number of hydrogen-bond acceptors (Lipinski definition) is 4. The molecule has 6 heteroatoms. The predicted molar refractivity (Wildman–Crippen MR) is 101 cm³/mol. The normalized spacial score (nSPS) is 14.2. The molecule has 1 aromatic carbocycles. The van der Waals surface area contributed by atoms with Crippen LogP contribution < -0.4 is 5.32 Å². The van der Waals surface area contributed by atoms with Crippen LogP contribution in [0.3, 0.4) is 0 Å². The van der Waals surface area contributed by atoms with Gasteiger partial charge in [0.15, 0.2) is 0 Å². The van der Waals surface area contributed by atoms with Crippen molar-refractivity contribution < 1.29 is 9.59 Å². The number of benzene rings is 1. The molecule has 0 fully saturated rings. The minimum absolute atomic E-state index is 0.0202. The van der Waals surface area contributed by atoms with Crippen molar-refractivity contribution in [2.75, 3.05) is 5.32 Å². The molecule has 0 spiro atoms. The van der Waals surface area contributed by atoms with E-state index in [9.17, 15) is 9.59 Å². The third-order valence-electron chi connectivity index (χ3n) is 4.42. The lowest BCUT2D eigenvalue weighted by Gasteiger charge is -2.26. The van der Waals surface area contributed by atoms with Gasteiger partial charge in [-0.3, -0.25) is 14.6 Å². The zero-order chi connectivity index (χ0) is 17.9. The van der Waals surface area contributed by atoms with Crippen LogP contribution in [0, 0.1) is 0 Å². The number of rotatable bonds is 5. The number of nitrogens with zero attached hydrogens (tertiary/aromatic N) is 2. The number of carbonyl (C=O) groups excluding carboxylic acids is 2. The van der Waals surface area contributed by atoms with Crippen LogP contribution >= 0.6 is 11.3 Å². The van der Waals surface area contributed by atoms with Crippen LogP contribution in [0.2, 0.25) is 0 Å². The Morgan fingerprint density at radius 1 is 1.19 bits per heavy atom. The Hall–Kier alpha value is -2.99. The molecular formula is C20H17N3O2S. The highest BCUT2D eigenvalue weighted by Gasteiger charge is 2.34. The summed E-state index contributed by atoms with van der Waals surface area (Å²) in [5.74, 6) is -0.159. The molecule has 0 radical (unpaired) electrons. The summed E-state index contributed by atoms with van der Waals surface area (Å²) in [5, 5.41) is 4.83. The number of amides is 2. The Morgan fingerprint density at radius 2 is 2.08 bits per heavy atom. The van der Waals surface area contributed by atoms with Gasteiger partial charge in [0.1, 0.15) is 0 Å². The van der Waals surface area contributed by atoms with E-state index >= 15 is 0 Å². The van der Waals surface area contributed by atoms with Crippen LogP contribution in [0.25, 0.3) is 0 Å². The van der Waals surface area contributed by atoms with Crippen molar-refractivity contribution in [3.05, 3.63) is 82.3 Å². The molecular weight excluding hydrogens is 346 g/mol. The Balaban J connectivity index is 1.57. The molecule has 26 heavy (non-hydrogen) atoms. The van der Waals surface area contributed by atoms with Gasteiger partial charge in [0.25, 0.3) is 5.91 Å². The second-order valence-corrected chi connectivity index (χ2v) is 7.09. The molecule has 2 amide bonds. The zero-order valence-corrected chi connectivity index (χ0v) is 14.8. The maximum absolute atomic E-state index is 12.9. The SMILES string of the molecule is O=C(C[C@@H](c1cccs1)N1Cc2ccccc2C1=O)Nc1cccnc1. The molecule has 0 saturated heterocycles. The van der Waals surface area contributed by atoms with Crippen molar-refractivity contribution in [3.8, 4) is 0 Å². The van der Waals surface area contributed by atoms with E-state index in [1.165, 1.54) is 0 Å². The third kappa shape index (κ3) is 3.23. The molecule has 4 rings (SSSR count). The lowest BCUT2D eigenvalue weighted by molar-refractivity contribution is -0.117. The van der Waals surface area contributed by atoms with E-state index in [2.05, 4.69) is 10.3 Å². The number of aromatic nitrogens is 1. The number of nitrogens with one attached hydrogen (secondary N) is 1. The molecule has 3 heterocycles. The summed E-state index contributed by atoms with van der Waals surface area (Å²) < 4.78 is 0. The van der Waals surface area contributed by atoms with Gasteiger partial charge in [0.2, 0.25) is 5.91 Å². The van der Waals surface area contributed by atoms with Crippen LogP contribution in [0.4, 0.5) is 5.69 Å². The maximum atomic E-state index is 12.9. The van der Waals surface area contributed by atoms with E-state index in [-0.39, 0.29) is 24.3 Å². The van der Waals surface area contributed by atoms with Gasteiger partial charge in [-0.05, 0) is 35.2 Å². The lowest BCUT2D eigenvalue weighted by atomic mass is 10.1. The van der Waals surface area contributed by atoms with Crippen LogP contribution in [-0.4, -0.2) is 21.7 Å². The van der Waals surface area contributed by atoms with Gasteiger partial charge in [0, 0.05) is 23.2 Å². The number of fused-ring (bicyclic) bond motifs is 1. The van der Waals surface area contributed by atoms with E-state index in [1.807, 2.05) is 41.8 Å². The van der Waals surface area contributed by atoms with Gasteiger partial charge >= 0.3 is 0 Å². The summed E-state index contributed by atoms with van der Waals surface area (Å²) in [6, 6.07) is 14.8. The summed E-state index contributed by atoms with van der Waals surface area (Å²) in [4.78, 5) is 32.2. The van der Waals surface area contributed by atoms with Gasteiger partial charge in [-0.2, -0.15) is 0 Å². The standard InChI is InChI=1S/C20H17N3O2S/c24-19(22-15-6-3-9-21-12-15)11-17(18-8-4-10-26-18)23-13-14-5-1-2-7-16(14)20(23)25/h1-10,12,17H,11,13H2,(H,22,24)/t17-/m0/s1. The molecule has 1 aliphatic rings. The van der Waals surface area contributed by atoms with Gasteiger partial charge in [-0.25, -0.2) is 0 Å². The Morgan fingerprint density at radius 3 is 2.81 bits per heavy atom. The number of carbonyl (C=O) groups is 2. The van der Waals surface area contributed by atoms with Gasteiger partial charge in [-0.15, -0.1) is 11.3 Å². The highest BCUT2D eigenvalue weighted by atomic mass is 32.1. The second kappa shape index (κ2) is 7.09. The first-order valence-corrected chi connectivity index (χ1v) is 9.22. The minimum atomic E-state index is -0.286. The van der Waals surface area contributed by atoms with Gasteiger partial charge in [0.05, 0.1) is 24.3 Å². The Bertz CT molecular complexity index is 925. The number of pyridine rings is 1. The van der Waals surface area contributed by atoms with Crippen LogP contribution in [0.1, 0.15) is 33.3 Å². The van der Waals surface area contributed by atoms with Crippen molar-refractivity contribution in [2.45, 2.75) is 19.0 Å². The molecule has 1 aliphatic heterocycles. The van der Waals surface area contributed by atoms with Crippen LogP contribution in [0.5, 0.6) is 0 Å². The molecule has 0 unspecified atom stereocenters. The number of anilines is 1. The Labute approximate surface area is 155 Å². The van der Waals surface area contributed by atoms with Crippen molar-refractivity contribution >= 4 is 28.8 Å². The first-order valence-electron chi connectivity index (χ1n) is 8.34. The Kier molecular flexibility index (Phi) is 4.50. The summed E-state index contributed by atoms with van der Waals surface area (Å²) >= 11 is 1.56. The van der Waals surface area contributed by atoms with Crippen molar-refractivity contribution in [1.82, 2.24) is 9.88 Å². The van der Waals surface area contributed by atoms with E-state index in [0.717, 1.165) is 16.0 Å². The minimum Gasteiger partial charge on any atom is -0.326 e. The van der Waals surface area contributed by atoms with E-state index in [0.29, 0.717) is 12.2 Å². The van der Waals surface area contributed by atoms with Crippen LogP contribution in [-0.2, 0) is 11.3 Å². The first kappa shape index (κ1) is 16.5. The highest BCUT2D eigenvalue weighted by Crippen LogP contribution is 2.35. The lowest BCUT2D eigenvalue weighted by Crippen LogP contribution is -2.31. The first-order chi connectivity index (χ1) is 12.7. The number of hydrogen-bond donors (Lipinski definition) is 1. The predicted octanol–water partition coefficient (Wildman–Crippen LogP) is 3.87. The van der Waals surface area contributed by atoms with E-state index in [1.54, 1.807) is 40.8 Å². The molecule has 0 bridgehead atoms. The molecule has 0 aliphatic carbocycles. The summed E-state index contributed by atoms with van der Waals surface area (Å²) in [6.07, 6.45) is 3.47. The summed E-state index contributed by atoms with van der Waals surface area (Å²) in [7, 11) is 0. The summed E-state index contributed by atoms with van der Waals surface area (Å²) in [5.41, 5.74) is 2.38. The average molecular weight is 363 g/mol. The fourth-order valence-corrected chi connectivity index (χ4v) is 4.04. The zero-order valence-electron chi connectivity index (χ0n) is 14.0. The average Bonchev–Trinajstić information content (AvgIpc) is 3.30. The quantitative estimate of drug-likeness (QED) is 0.748. The molecule has 0 saturated carbocycles. The second-order valence-electron chi connectivity index (χ2n) is 6.12. The largest absolute Gasteiger partial charge is 0.326 e. The van der Waals surface area contributed by atoms with E-state index < -0.39 is 0 Å². The third-order valence-corrected chi connectivity index (χ3v) is 5.39. The molecule has 1 atom stereocenters. The van der Waals surface area contributed by atoms with Crippen LogP contribution in [0.15, 0.2) is 66.3 Å². The maximum Gasteiger partial charge on any atom is 0.255 e. The fraction of sp³-hybridized carbons (Fsp3) is 0.150. The molecule has 130 valence electrons. The van der Waals surface area contributed by atoms with Crippen molar-refractivity contribution in [1.29, 1.82) is 0 Å². The van der Waals surface area contributed by atoms with E-state index in [4.69, 9.17) is 0 Å². The monoisotopic (exact) mass is 363 g/mol. The molecule has 5 nitrogen and oxygen atoms in total.